The molecule has 1 aromatic rings. The number of fused-ring (bicyclic) bond motifs is 1. The minimum Gasteiger partial charge on any atom is -0.483 e. The van der Waals surface area contributed by atoms with Crippen LogP contribution in [0.4, 0.5) is 5.69 Å². The van der Waals surface area contributed by atoms with Crippen LogP contribution in [0.5, 0.6) is 5.75 Å². The van der Waals surface area contributed by atoms with Crippen molar-refractivity contribution in [1.82, 2.24) is 0 Å². The Hall–Kier alpha value is -1.65. The van der Waals surface area contributed by atoms with E-state index >= 15 is 0 Å². The molecule has 0 fully saturated rings. The first-order valence-corrected chi connectivity index (χ1v) is 3.94. The van der Waals surface area contributed by atoms with Gasteiger partial charge in [0, 0.05) is 0 Å². The number of anilines is 1. The molecule has 1 aliphatic rings. The van der Waals surface area contributed by atoms with Crippen molar-refractivity contribution >= 4 is 11.7 Å². The lowest BCUT2D eigenvalue weighted by molar-refractivity contribution is 0.0653. The molecule has 0 radical (unpaired) electrons. The van der Waals surface area contributed by atoms with E-state index in [1.807, 2.05) is 6.92 Å². The third-order valence-electron chi connectivity index (χ3n) is 1.84. The Labute approximate surface area is 74.3 Å². The van der Waals surface area contributed by atoms with Gasteiger partial charge in [0.25, 0.3) is 5.76 Å². The van der Waals surface area contributed by atoms with Crippen molar-refractivity contribution < 1.29 is 19.1 Å². The van der Waals surface area contributed by atoms with Gasteiger partial charge in [-0.05, 0) is 6.92 Å². The van der Waals surface area contributed by atoms with Crippen LogP contribution in [0, 0.1) is 0 Å². The van der Waals surface area contributed by atoms with Gasteiger partial charge in [-0.15, -0.1) is 0 Å². The first kappa shape index (κ1) is 7.97. The van der Waals surface area contributed by atoms with Crippen LogP contribution in [0.15, 0.2) is 10.7 Å². The molecular formula is C8H9NO4. The maximum Gasteiger partial charge on any atom is 0.375 e. The van der Waals surface area contributed by atoms with E-state index < -0.39 is 5.97 Å². The number of furan rings is 1. The van der Waals surface area contributed by atoms with Crippen LogP contribution in [0.1, 0.15) is 17.5 Å². The summed E-state index contributed by atoms with van der Waals surface area (Å²) in [6.45, 7) is 2.51. The summed E-state index contributed by atoms with van der Waals surface area (Å²) < 4.78 is 10.2. The summed E-state index contributed by atoms with van der Waals surface area (Å²) >= 11 is 0. The predicted octanol–water partition coefficient (Wildman–Crippen LogP) is 1.17. The quantitative estimate of drug-likeness (QED) is 0.683. The number of rotatable bonds is 1. The molecule has 13 heavy (non-hydrogen) atoms. The highest BCUT2D eigenvalue weighted by Gasteiger charge is 2.26. The standard InChI is InChI=1S/C8H9NO4/c1-4-2-9-5-3-12-7(8(10)11)6(5)13-4/h3-4,9H,2H2,1H3,(H,10,11). The summed E-state index contributed by atoms with van der Waals surface area (Å²) in [5, 5.41) is 11.7. The van der Waals surface area contributed by atoms with Gasteiger partial charge in [-0.3, -0.25) is 0 Å². The number of hydrogen-bond acceptors (Lipinski definition) is 4. The molecule has 0 saturated carbocycles. The second kappa shape index (κ2) is 2.69. The van der Waals surface area contributed by atoms with Gasteiger partial charge < -0.3 is 19.6 Å². The van der Waals surface area contributed by atoms with Crippen LogP contribution >= 0.6 is 0 Å². The van der Waals surface area contributed by atoms with Gasteiger partial charge in [0.1, 0.15) is 18.1 Å². The van der Waals surface area contributed by atoms with Crippen molar-refractivity contribution in [3.8, 4) is 5.75 Å². The Morgan fingerprint density at radius 3 is 3.23 bits per heavy atom. The number of carboxylic acid groups (broad SMARTS) is 1. The number of ether oxygens (including phenoxy) is 1. The lowest BCUT2D eigenvalue weighted by Crippen LogP contribution is -2.27. The number of carboxylic acids is 1. The molecule has 0 spiro atoms. The summed E-state index contributed by atoms with van der Waals surface area (Å²) in [7, 11) is 0. The molecule has 70 valence electrons. The molecule has 5 heteroatoms. The van der Waals surface area contributed by atoms with Gasteiger partial charge in [0.05, 0.1) is 6.54 Å². The van der Waals surface area contributed by atoms with Crippen LogP contribution in [-0.2, 0) is 0 Å². The van der Waals surface area contributed by atoms with Crippen LogP contribution in [0.25, 0.3) is 0 Å². The third-order valence-corrected chi connectivity index (χ3v) is 1.84. The SMILES string of the molecule is CC1CNc2coc(C(=O)O)c2O1. The van der Waals surface area contributed by atoms with Crippen molar-refractivity contribution in [2.45, 2.75) is 13.0 Å². The van der Waals surface area contributed by atoms with Gasteiger partial charge in [-0.2, -0.15) is 0 Å². The first-order valence-electron chi connectivity index (χ1n) is 3.94. The summed E-state index contributed by atoms with van der Waals surface area (Å²) in [6, 6.07) is 0. The van der Waals surface area contributed by atoms with Crippen molar-refractivity contribution in [3.63, 3.8) is 0 Å². The third kappa shape index (κ3) is 1.22. The van der Waals surface area contributed by atoms with Crippen LogP contribution < -0.4 is 10.1 Å². The molecule has 1 aliphatic heterocycles. The fourth-order valence-corrected chi connectivity index (χ4v) is 1.23. The lowest BCUT2D eigenvalue weighted by Gasteiger charge is -2.21. The molecule has 1 atom stereocenters. The zero-order valence-electron chi connectivity index (χ0n) is 7.03. The van der Waals surface area contributed by atoms with Gasteiger partial charge in [0.15, 0.2) is 5.75 Å². The van der Waals surface area contributed by atoms with E-state index in [2.05, 4.69) is 5.32 Å². The molecule has 0 saturated heterocycles. The summed E-state index contributed by atoms with van der Waals surface area (Å²) in [6.07, 6.45) is 1.31. The minimum atomic E-state index is -1.11. The number of hydrogen-bond donors (Lipinski definition) is 2. The second-order valence-electron chi connectivity index (χ2n) is 2.92. The van der Waals surface area contributed by atoms with Crippen LogP contribution in [-0.4, -0.2) is 23.7 Å². The van der Waals surface area contributed by atoms with Gasteiger partial charge >= 0.3 is 5.97 Å². The van der Waals surface area contributed by atoms with E-state index in [1.165, 1.54) is 6.26 Å². The van der Waals surface area contributed by atoms with Crippen molar-refractivity contribution in [2.24, 2.45) is 0 Å². The molecule has 1 unspecified atom stereocenters. The Morgan fingerprint density at radius 1 is 1.77 bits per heavy atom. The Kier molecular flexibility index (Phi) is 1.65. The number of nitrogens with one attached hydrogen (secondary N) is 1. The average molecular weight is 183 g/mol. The van der Waals surface area contributed by atoms with Crippen LogP contribution in [0.3, 0.4) is 0 Å². The largest absolute Gasteiger partial charge is 0.483 e. The number of carbonyl (C=O) groups is 1. The maximum atomic E-state index is 10.6. The highest BCUT2D eigenvalue weighted by atomic mass is 16.5. The topological polar surface area (TPSA) is 71.7 Å². The molecular weight excluding hydrogens is 174 g/mol. The van der Waals surface area contributed by atoms with Crippen molar-refractivity contribution in [3.05, 3.63) is 12.0 Å². The maximum absolute atomic E-state index is 10.6. The van der Waals surface area contributed by atoms with Gasteiger partial charge in [-0.1, -0.05) is 0 Å². The van der Waals surface area contributed by atoms with Crippen molar-refractivity contribution in [1.29, 1.82) is 0 Å². The van der Waals surface area contributed by atoms with E-state index in [0.717, 1.165) is 0 Å². The van der Waals surface area contributed by atoms with E-state index in [-0.39, 0.29) is 11.9 Å². The molecule has 2 rings (SSSR count). The van der Waals surface area contributed by atoms with E-state index in [0.29, 0.717) is 18.0 Å². The van der Waals surface area contributed by atoms with E-state index in [4.69, 9.17) is 14.3 Å². The molecule has 5 nitrogen and oxygen atoms in total. The molecule has 2 N–H and O–H groups in total. The minimum absolute atomic E-state index is 0.0387. The molecule has 0 amide bonds. The molecule has 0 aliphatic carbocycles. The van der Waals surface area contributed by atoms with Gasteiger partial charge in [-0.25, -0.2) is 4.79 Å². The monoisotopic (exact) mass is 183 g/mol. The number of aromatic carboxylic acids is 1. The normalized spacial score (nSPS) is 19.9. The second-order valence-corrected chi connectivity index (χ2v) is 2.92. The summed E-state index contributed by atoms with van der Waals surface area (Å²) in [4.78, 5) is 10.6. The zero-order valence-corrected chi connectivity index (χ0v) is 7.03. The average Bonchev–Trinajstić information content (AvgIpc) is 2.46. The van der Waals surface area contributed by atoms with Gasteiger partial charge in [0.2, 0.25) is 0 Å². The summed E-state index contributed by atoms with van der Waals surface area (Å²) in [5.41, 5.74) is 0.607. The zero-order chi connectivity index (χ0) is 9.42. The molecule has 1 aromatic heterocycles. The fraction of sp³-hybridized carbons (Fsp3) is 0.375. The smallest absolute Gasteiger partial charge is 0.375 e. The lowest BCUT2D eigenvalue weighted by atomic mass is 10.3. The molecule has 0 bridgehead atoms. The summed E-state index contributed by atoms with van der Waals surface area (Å²) in [5.74, 6) is -0.961. The predicted molar refractivity (Wildman–Crippen MR) is 44.2 cm³/mol. The van der Waals surface area contributed by atoms with Crippen molar-refractivity contribution in [2.75, 3.05) is 11.9 Å². The molecule has 0 aromatic carbocycles. The van der Waals surface area contributed by atoms with Crippen LogP contribution in [0.2, 0.25) is 0 Å². The Morgan fingerprint density at radius 2 is 2.54 bits per heavy atom. The Bertz CT molecular complexity index is 344. The first-order chi connectivity index (χ1) is 6.18. The fourth-order valence-electron chi connectivity index (χ4n) is 1.23. The Balaban J connectivity index is 2.41. The van der Waals surface area contributed by atoms with E-state index in [1.54, 1.807) is 0 Å². The molecule has 2 heterocycles. The van der Waals surface area contributed by atoms with E-state index in [9.17, 15) is 4.79 Å². The highest BCUT2D eigenvalue weighted by molar-refractivity contribution is 5.90. The highest BCUT2D eigenvalue weighted by Crippen LogP contribution is 2.34.